The molecule has 0 saturated heterocycles. The van der Waals surface area contributed by atoms with Crippen LogP contribution in [0.2, 0.25) is 0 Å². The fourth-order valence-corrected chi connectivity index (χ4v) is 2.14. The molecule has 0 spiro atoms. The Morgan fingerprint density at radius 2 is 2.35 bits per heavy atom. The van der Waals surface area contributed by atoms with Crippen LogP contribution in [0.1, 0.15) is 17.7 Å². The molecule has 88 valence electrons. The minimum Gasteiger partial charge on any atom is -0.381 e. The summed E-state index contributed by atoms with van der Waals surface area (Å²) in [4.78, 5) is 16.8. The third-order valence-corrected chi connectivity index (χ3v) is 3.37. The molecule has 1 aliphatic carbocycles. The Morgan fingerprint density at radius 3 is 3.00 bits per heavy atom. The van der Waals surface area contributed by atoms with Crippen LogP contribution < -0.4 is 10.9 Å². The van der Waals surface area contributed by atoms with E-state index in [4.69, 9.17) is 0 Å². The van der Waals surface area contributed by atoms with Crippen LogP contribution in [-0.2, 0) is 6.54 Å². The van der Waals surface area contributed by atoms with E-state index < -0.39 is 0 Å². The second-order valence-electron chi connectivity index (χ2n) is 4.13. The first-order valence-corrected chi connectivity index (χ1v) is 6.40. The minimum atomic E-state index is -0.0796. The summed E-state index contributed by atoms with van der Waals surface area (Å²) in [7, 11) is 0. The maximum atomic E-state index is 11.8. The van der Waals surface area contributed by atoms with Crippen molar-refractivity contribution in [2.75, 3.05) is 5.32 Å². The molecule has 1 fully saturated rings. The molecule has 17 heavy (non-hydrogen) atoms. The van der Waals surface area contributed by atoms with Gasteiger partial charge in [-0.2, -0.15) is 5.10 Å². The number of thiazole rings is 1. The molecule has 0 aromatic carbocycles. The fraction of sp³-hybridized carbons (Fsp3) is 0.364. The summed E-state index contributed by atoms with van der Waals surface area (Å²) in [5.41, 5.74) is 2.49. The highest BCUT2D eigenvalue weighted by Crippen LogP contribution is 2.23. The second kappa shape index (κ2) is 4.29. The second-order valence-corrected chi connectivity index (χ2v) is 5.10. The van der Waals surface area contributed by atoms with Crippen molar-refractivity contribution in [2.24, 2.45) is 0 Å². The summed E-state index contributed by atoms with van der Waals surface area (Å²) in [6.45, 7) is 0.493. The average molecular weight is 248 g/mol. The van der Waals surface area contributed by atoms with Gasteiger partial charge in [-0.15, -0.1) is 11.3 Å². The van der Waals surface area contributed by atoms with Crippen LogP contribution in [0.4, 0.5) is 5.69 Å². The molecule has 2 heterocycles. The molecule has 2 aromatic heterocycles. The lowest BCUT2D eigenvalue weighted by molar-refractivity contribution is 0.645. The summed E-state index contributed by atoms with van der Waals surface area (Å²) in [5, 5.41) is 7.41. The molecular formula is C11H12N4OS. The van der Waals surface area contributed by atoms with E-state index in [1.807, 2.05) is 0 Å². The molecule has 6 heteroatoms. The van der Waals surface area contributed by atoms with Crippen LogP contribution in [-0.4, -0.2) is 20.8 Å². The molecule has 0 amide bonds. The van der Waals surface area contributed by atoms with Crippen molar-refractivity contribution in [1.82, 2.24) is 14.8 Å². The molecule has 1 saturated carbocycles. The van der Waals surface area contributed by atoms with E-state index in [9.17, 15) is 4.79 Å². The largest absolute Gasteiger partial charge is 0.381 e. The summed E-state index contributed by atoms with van der Waals surface area (Å²) >= 11 is 1.52. The minimum absolute atomic E-state index is 0.0796. The summed E-state index contributed by atoms with van der Waals surface area (Å²) in [5.74, 6) is 0. The smallest absolute Gasteiger partial charge is 0.269 e. The van der Waals surface area contributed by atoms with Gasteiger partial charge in [0.2, 0.25) is 0 Å². The number of hydrogen-bond acceptors (Lipinski definition) is 5. The van der Waals surface area contributed by atoms with E-state index in [2.05, 4.69) is 15.4 Å². The number of anilines is 1. The molecule has 1 aliphatic rings. The van der Waals surface area contributed by atoms with Gasteiger partial charge in [0.15, 0.2) is 0 Å². The Bertz CT molecular complexity index is 559. The number of nitrogens with one attached hydrogen (secondary N) is 1. The topological polar surface area (TPSA) is 59.8 Å². The Hall–Kier alpha value is -1.69. The highest BCUT2D eigenvalue weighted by molar-refractivity contribution is 7.09. The van der Waals surface area contributed by atoms with Gasteiger partial charge >= 0.3 is 0 Å². The summed E-state index contributed by atoms with van der Waals surface area (Å²) < 4.78 is 1.45. The highest BCUT2D eigenvalue weighted by Gasteiger charge is 2.21. The fourth-order valence-electron chi connectivity index (χ4n) is 1.56. The van der Waals surface area contributed by atoms with E-state index in [1.54, 1.807) is 24.0 Å². The maximum Gasteiger partial charge on any atom is 0.269 e. The van der Waals surface area contributed by atoms with Crippen LogP contribution in [0.25, 0.3) is 0 Å². The lowest BCUT2D eigenvalue weighted by Crippen LogP contribution is -2.23. The normalized spacial score (nSPS) is 14.8. The van der Waals surface area contributed by atoms with Crippen molar-refractivity contribution in [3.63, 3.8) is 0 Å². The molecule has 0 bridgehead atoms. The van der Waals surface area contributed by atoms with Crippen molar-refractivity contribution in [1.29, 1.82) is 0 Å². The predicted molar refractivity (Wildman–Crippen MR) is 66.4 cm³/mol. The first kappa shape index (κ1) is 10.5. The monoisotopic (exact) mass is 248 g/mol. The number of nitrogens with zero attached hydrogens (tertiary/aromatic N) is 3. The summed E-state index contributed by atoms with van der Waals surface area (Å²) in [6, 6.07) is 2.14. The molecule has 3 rings (SSSR count). The maximum absolute atomic E-state index is 11.8. The first-order chi connectivity index (χ1) is 8.31. The van der Waals surface area contributed by atoms with Crippen molar-refractivity contribution in [2.45, 2.75) is 25.4 Å². The van der Waals surface area contributed by atoms with E-state index in [0.29, 0.717) is 12.6 Å². The third kappa shape index (κ3) is 2.52. The molecular weight excluding hydrogens is 236 g/mol. The van der Waals surface area contributed by atoms with Crippen molar-refractivity contribution < 1.29 is 0 Å². The van der Waals surface area contributed by atoms with Gasteiger partial charge < -0.3 is 5.32 Å². The van der Waals surface area contributed by atoms with Crippen molar-refractivity contribution in [3.8, 4) is 0 Å². The van der Waals surface area contributed by atoms with E-state index in [-0.39, 0.29) is 5.56 Å². The molecule has 0 atom stereocenters. The molecule has 0 unspecified atom stereocenters. The van der Waals surface area contributed by atoms with Gasteiger partial charge in [0, 0.05) is 23.2 Å². The van der Waals surface area contributed by atoms with Gasteiger partial charge in [0.1, 0.15) is 0 Å². The molecule has 2 aromatic rings. The molecule has 5 nitrogen and oxygen atoms in total. The van der Waals surface area contributed by atoms with Gasteiger partial charge in [-0.25, -0.2) is 4.68 Å². The van der Waals surface area contributed by atoms with Crippen LogP contribution in [0.15, 0.2) is 28.8 Å². The Balaban J connectivity index is 1.78. The van der Waals surface area contributed by atoms with Crippen molar-refractivity contribution >= 4 is 17.0 Å². The lowest BCUT2D eigenvalue weighted by atomic mass is 10.4. The van der Waals surface area contributed by atoms with Crippen LogP contribution in [0, 0.1) is 0 Å². The van der Waals surface area contributed by atoms with Crippen LogP contribution in [0.5, 0.6) is 0 Å². The van der Waals surface area contributed by atoms with Gasteiger partial charge in [0.25, 0.3) is 5.56 Å². The van der Waals surface area contributed by atoms with Gasteiger partial charge in [-0.1, -0.05) is 0 Å². The Labute approximate surface area is 102 Å². The lowest BCUT2D eigenvalue weighted by Gasteiger charge is -2.05. The molecule has 0 radical (unpaired) electrons. The average Bonchev–Trinajstić information content (AvgIpc) is 2.97. The zero-order valence-electron chi connectivity index (χ0n) is 9.17. The molecule has 0 aliphatic heterocycles. The van der Waals surface area contributed by atoms with Gasteiger partial charge in [-0.3, -0.25) is 9.78 Å². The SMILES string of the molecule is O=c1cc(NC2CC2)cnn1Cc1cncs1. The Morgan fingerprint density at radius 1 is 1.47 bits per heavy atom. The number of rotatable bonds is 4. The predicted octanol–water partition coefficient (Wildman–Crippen LogP) is 1.32. The first-order valence-electron chi connectivity index (χ1n) is 5.52. The van der Waals surface area contributed by atoms with E-state index in [0.717, 1.165) is 10.6 Å². The van der Waals surface area contributed by atoms with Gasteiger partial charge in [0.05, 0.1) is 23.9 Å². The number of hydrogen-bond donors (Lipinski definition) is 1. The van der Waals surface area contributed by atoms with E-state index >= 15 is 0 Å². The van der Waals surface area contributed by atoms with Crippen molar-refractivity contribution in [3.05, 3.63) is 39.2 Å². The zero-order valence-corrected chi connectivity index (χ0v) is 9.98. The van der Waals surface area contributed by atoms with Gasteiger partial charge in [-0.05, 0) is 12.8 Å². The molecule has 1 N–H and O–H groups in total. The highest BCUT2D eigenvalue weighted by atomic mass is 32.1. The van der Waals surface area contributed by atoms with Crippen LogP contribution in [0.3, 0.4) is 0 Å². The third-order valence-electron chi connectivity index (χ3n) is 2.61. The Kier molecular flexibility index (Phi) is 2.64. The summed E-state index contributed by atoms with van der Waals surface area (Å²) in [6.07, 6.45) is 5.84. The standard InChI is InChI=1S/C11H12N4OS/c16-11-3-9(14-8-1-2-8)4-13-15(11)6-10-5-12-7-17-10/h3-5,7-8,14H,1-2,6H2. The quantitative estimate of drug-likeness (QED) is 0.886. The van der Waals surface area contributed by atoms with Crippen LogP contribution >= 0.6 is 11.3 Å². The number of aromatic nitrogens is 3. The zero-order chi connectivity index (χ0) is 11.7. The van der Waals surface area contributed by atoms with E-state index in [1.165, 1.54) is 28.9 Å².